The Morgan fingerprint density at radius 3 is 2.96 bits per heavy atom. The Morgan fingerprint density at radius 1 is 1.31 bits per heavy atom. The van der Waals surface area contributed by atoms with E-state index < -0.39 is 0 Å². The van der Waals surface area contributed by atoms with Crippen LogP contribution in [-0.4, -0.2) is 11.0 Å². The van der Waals surface area contributed by atoms with Crippen molar-refractivity contribution in [1.82, 2.24) is 4.98 Å². The Kier molecular flexibility index (Phi) is 6.05. The van der Waals surface area contributed by atoms with Crippen LogP contribution in [0.3, 0.4) is 0 Å². The van der Waals surface area contributed by atoms with Crippen molar-refractivity contribution < 1.29 is 0 Å². The molecule has 0 aromatic carbocycles. The van der Waals surface area contributed by atoms with Gasteiger partial charge in [0.2, 0.25) is 0 Å². The number of nitrogens with two attached hydrogens (primary N) is 1. The topological polar surface area (TPSA) is 50.9 Å². The number of pyridine rings is 1. The summed E-state index contributed by atoms with van der Waals surface area (Å²) in [5, 5.41) is 6.20. The van der Waals surface area contributed by atoms with Crippen LogP contribution >= 0.6 is 56.9 Å². The molecule has 0 bridgehead atoms. The first-order valence-electron chi connectivity index (χ1n) is 8.93. The Balaban J connectivity index is 1.72. The summed E-state index contributed by atoms with van der Waals surface area (Å²) >= 11 is 12.4. The van der Waals surface area contributed by atoms with Crippen LogP contribution in [-0.2, 0) is 6.54 Å². The highest BCUT2D eigenvalue weighted by Crippen LogP contribution is 2.44. The van der Waals surface area contributed by atoms with E-state index in [1.54, 1.807) is 11.3 Å². The van der Waals surface area contributed by atoms with Gasteiger partial charge in [0.25, 0.3) is 0 Å². The monoisotopic (exact) mass is 517 g/mol. The third-order valence-corrected chi connectivity index (χ3v) is 8.89. The maximum absolute atomic E-state index is 6.54. The van der Waals surface area contributed by atoms with Crippen LogP contribution in [0.25, 0.3) is 10.2 Å². The smallest absolute Gasteiger partial charge is 0.131 e. The van der Waals surface area contributed by atoms with E-state index >= 15 is 0 Å². The normalized spacial score (nSPS) is 21.0. The molecule has 3 aromatic rings. The molecule has 1 aliphatic carbocycles. The third kappa shape index (κ3) is 3.90. The molecule has 3 heterocycles. The van der Waals surface area contributed by atoms with Crippen LogP contribution in [0.1, 0.15) is 47.8 Å². The first-order chi connectivity index (χ1) is 12.6. The van der Waals surface area contributed by atoms with Crippen molar-refractivity contribution in [3.63, 3.8) is 0 Å². The molecular formula is C19H21ClIN3S2. The van der Waals surface area contributed by atoms with E-state index in [4.69, 9.17) is 17.3 Å². The van der Waals surface area contributed by atoms with Gasteiger partial charge in [0.15, 0.2) is 0 Å². The number of fused-ring (bicyclic) bond motifs is 1. The SMILES string of the molecule is N[C@H]1CCCCC[C@@H]1c1sc2c(NCc3cccs3)cc(Cl)nc2c1I. The van der Waals surface area contributed by atoms with Crippen molar-refractivity contribution in [2.45, 2.75) is 50.6 Å². The second-order valence-corrected chi connectivity index (χ2v) is 10.3. The number of nitrogens with one attached hydrogen (secondary N) is 1. The third-order valence-electron chi connectivity index (χ3n) is 5.02. The van der Waals surface area contributed by atoms with Crippen molar-refractivity contribution >= 4 is 72.8 Å². The van der Waals surface area contributed by atoms with Gasteiger partial charge in [0.1, 0.15) is 5.15 Å². The molecule has 138 valence electrons. The maximum Gasteiger partial charge on any atom is 0.131 e. The molecule has 3 nitrogen and oxygen atoms in total. The van der Waals surface area contributed by atoms with Crippen LogP contribution in [0.15, 0.2) is 23.6 Å². The van der Waals surface area contributed by atoms with Crippen LogP contribution in [0.2, 0.25) is 5.15 Å². The van der Waals surface area contributed by atoms with Crippen molar-refractivity contribution in [2.24, 2.45) is 5.73 Å². The number of hydrogen-bond acceptors (Lipinski definition) is 5. The van der Waals surface area contributed by atoms with Gasteiger partial charge in [0, 0.05) is 34.3 Å². The molecule has 0 amide bonds. The van der Waals surface area contributed by atoms with Crippen LogP contribution in [0, 0.1) is 3.57 Å². The molecule has 4 rings (SSSR count). The van der Waals surface area contributed by atoms with Crippen molar-refractivity contribution in [3.05, 3.63) is 42.1 Å². The second-order valence-electron chi connectivity index (χ2n) is 6.79. The number of anilines is 1. The minimum absolute atomic E-state index is 0.247. The number of thiophene rings is 2. The number of rotatable bonds is 4. The second kappa shape index (κ2) is 8.31. The molecule has 2 atom stereocenters. The predicted octanol–water partition coefficient (Wildman–Crippen LogP) is 6.60. The summed E-state index contributed by atoms with van der Waals surface area (Å²) in [6, 6.07) is 6.42. The van der Waals surface area contributed by atoms with Gasteiger partial charge in [-0.05, 0) is 46.9 Å². The molecule has 0 spiro atoms. The Labute approximate surface area is 180 Å². The minimum Gasteiger partial charge on any atom is -0.379 e. The number of aromatic nitrogens is 1. The number of nitrogens with zero attached hydrogens (tertiary/aromatic N) is 1. The molecule has 0 saturated heterocycles. The van der Waals surface area contributed by atoms with Gasteiger partial charge in [-0.25, -0.2) is 4.98 Å². The minimum atomic E-state index is 0.247. The zero-order valence-corrected chi connectivity index (χ0v) is 18.9. The predicted molar refractivity (Wildman–Crippen MR) is 123 cm³/mol. The molecule has 0 aliphatic heterocycles. The van der Waals surface area contributed by atoms with Gasteiger partial charge >= 0.3 is 0 Å². The molecule has 26 heavy (non-hydrogen) atoms. The van der Waals surface area contributed by atoms with Crippen molar-refractivity contribution in [3.8, 4) is 0 Å². The lowest BCUT2D eigenvalue weighted by molar-refractivity contribution is 0.510. The molecule has 1 aliphatic rings. The van der Waals surface area contributed by atoms with Gasteiger partial charge in [-0.2, -0.15) is 0 Å². The molecule has 0 radical (unpaired) electrons. The van der Waals surface area contributed by atoms with Gasteiger partial charge < -0.3 is 11.1 Å². The summed E-state index contributed by atoms with van der Waals surface area (Å²) < 4.78 is 2.42. The van der Waals surface area contributed by atoms with Crippen LogP contribution in [0.5, 0.6) is 0 Å². The van der Waals surface area contributed by atoms with Crippen LogP contribution in [0.4, 0.5) is 5.69 Å². The maximum atomic E-state index is 6.54. The molecule has 3 N–H and O–H groups in total. The Bertz CT molecular complexity index is 894. The summed E-state index contributed by atoms with van der Waals surface area (Å²) in [4.78, 5) is 7.34. The standard InChI is InChI=1S/C19H21ClIN3S2/c20-15-9-14(23-10-11-5-4-8-25-11)19-17(24-15)16(21)18(26-19)12-6-2-1-3-7-13(12)22/h4-5,8-9,12-13H,1-3,6-7,10,22H2,(H,23,24)/t12-,13-/m0/s1. The van der Waals surface area contributed by atoms with E-state index in [1.165, 1.54) is 43.7 Å². The molecular weight excluding hydrogens is 497 g/mol. The summed E-state index contributed by atoms with van der Waals surface area (Å²) in [6.45, 7) is 0.805. The largest absolute Gasteiger partial charge is 0.379 e. The quantitative estimate of drug-likeness (QED) is 0.233. The van der Waals surface area contributed by atoms with Gasteiger partial charge in [-0.15, -0.1) is 22.7 Å². The Morgan fingerprint density at radius 2 is 2.15 bits per heavy atom. The van der Waals surface area contributed by atoms with E-state index in [0.29, 0.717) is 11.1 Å². The van der Waals surface area contributed by atoms with Gasteiger partial charge in [-0.3, -0.25) is 0 Å². The highest BCUT2D eigenvalue weighted by atomic mass is 127. The molecule has 0 unspecified atom stereocenters. The first-order valence-corrected chi connectivity index (χ1v) is 12.1. The average Bonchev–Trinajstić information content (AvgIpc) is 3.19. The number of hydrogen-bond donors (Lipinski definition) is 2. The highest BCUT2D eigenvalue weighted by Gasteiger charge is 2.27. The van der Waals surface area contributed by atoms with Crippen LogP contribution < -0.4 is 11.1 Å². The lowest BCUT2D eigenvalue weighted by Crippen LogP contribution is -2.27. The van der Waals surface area contributed by atoms with E-state index in [9.17, 15) is 0 Å². The van der Waals surface area contributed by atoms with E-state index in [2.05, 4.69) is 50.4 Å². The Hall–Kier alpha value is -0.410. The van der Waals surface area contributed by atoms with E-state index in [0.717, 1.165) is 24.2 Å². The van der Waals surface area contributed by atoms with Gasteiger partial charge in [-0.1, -0.05) is 36.9 Å². The number of halogens is 2. The zero-order chi connectivity index (χ0) is 18.1. The lowest BCUT2D eigenvalue weighted by Gasteiger charge is -2.20. The lowest BCUT2D eigenvalue weighted by atomic mass is 9.94. The summed E-state index contributed by atoms with van der Waals surface area (Å²) in [5.74, 6) is 0.438. The van der Waals surface area contributed by atoms with E-state index in [1.807, 2.05) is 17.4 Å². The fraction of sp³-hybridized carbons (Fsp3) is 0.421. The molecule has 7 heteroatoms. The molecule has 1 saturated carbocycles. The molecule has 3 aromatic heterocycles. The summed E-state index contributed by atoms with van der Waals surface area (Å²) in [7, 11) is 0. The van der Waals surface area contributed by atoms with Crippen molar-refractivity contribution in [2.75, 3.05) is 5.32 Å². The average molecular weight is 518 g/mol. The first kappa shape index (κ1) is 18.9. The van der Waals surface area contributed by atoms with Crippen molar-refractivity contribution in [1.29, 1.82) is 0 Å². The highest BCUT2D eigenvalue weighted by molar-refractivity contribution is 14.1. The fourth-order valence-electron chi connectivity index (χ4n) is 3.65. The fourth-order valence-corrected chi connectivity index (χ4v) is 7.13. The summed E-state index contributed by atoms with van der Waals surface area (Å²) in [5.41, 5.74) is 8.63. The summed E-state index contributed by atoms with van der Waals surface area (Å²) in [6.07, 6.45) is 6.10. The zero-order valence-electron chi connectivity index (χ0n) is 14.3. The molecule has 1 fully saturated rings. The van der Waals surface area contributed by atoms with Gasteiger partial charge in [0.05, 0.1) is 19.5 Å². The van der Waals surface area contributed by atoms with E-state index in [-0.39, 0.29) is 6.04 Å².